The Morgan fingerprint density at radius 1 is 1.26 bits per heavy atom. The van der Waals surface area contributed by atoms with Crippen molar-refractivity contribution in [1.82, 2.24) is 19.5 Å². The Hall–Kier alpha value is -3.48. The fourth-order valence-electron chi connectivity index (χ4n) is 3.37. The van der Waals surface area contributed by atoms with E-state index in [0.717, 1.165) is 5.56 Å². The van der Waals surface area contributed by atoms with Crippen molar-refractivity contribution in [3.05, 3.63) is 48.0 Å². The number of ether oxygens (including phenoxy) is 2. The lowest BCUT2D eigenvalue weighted by Crippen LogP contribution is -2.37. The van der Waals surface area contributed by atoms with Crippen LogP contribution in [0.4, 0.5) is 5.82 Å². The second-order valence-electron chi connectivity index (χ2n) is 8.66. The second kappa shape index (κ2) is 10.6. The summed E-state index contributed by atoms with van der Waals surface area (Å²) in [6, 6.07) is 10.1. The summed E-state index contributed by atoms with van der Waals surface area (Å²) in [6.07, 6.45) is 6.53. The fraction of sp³-hybridized carbons (Fsp3) is 0.440. The van der Waals surface area contributed by atoms with Crippen molar-refractivity contribution in [2.24, 2.45) is 0 Å². The summed E-state index contributed by atoms with van der Waals surface area (Å²) < 4.78 is 13.4. The number of fused-ring (bicyclic) bond motifs is 1. The molecule has 0 aliphatic heterocycles. The third-order valence-corrected chi connectivity index (χ3v) is 5.37. The van der Waals surface area contributed by atoms with Crippen LogP contribution >= 0.6 is 0 Å². The largest absolute Gasteiger partial charge is 0.479 e. The van der Waals surface area contributed by atoms with Crippen LogP contribution in [-0.2, 0) is 14.3 Å². The lowest BCUT2D eigenvalue weighted by molar-refractivity contribution is -0.168. The van der Waals surface area contributed by atoms with Crippen molar-refractivity contribution >= 4 is 23.0 Å². The Labute approximate surface area is 199 Å². The molecule has 3 atom stereocenters. The van der Waals surface area contributed by atoms with E-state index in [9.17, 15) is 9.90 Å². The fourth-order valence-corrected chi connectivity index (χ4v) is 3.37. The van der Waals surface area contributed by atoms with Crippen molar-refractivity contribution in [3.8, 4) is 12.3 Å². The molecule has 0 amide bonds. The molecule has 1 aromatic carbocycles. The van der Waals surface area contributed by atoms with Crippen LogP contribution in [0.15, 0.2) is 36.7 Å². The first-order valence-electron chi connectivity index (χ1n) is 11.1. The van der Waals surface area contributed by atoms with Gasteiger partial charge >= 0.3 is 5.97 Å². The standard InChI is InChI=1S/C25H31N5O4/c1-7-11-20(34-16(2)14-33-25(5,6)24(31)32)30-15-26-21-22(28-18(4)29-23(21)30)27-17(3)19-12-9-8-10-13-19/h1,8-10,12-13,15-17,20H,11,14H2,2-6H3,(H,31,32)(H,27,28,29). The molecule has 0 saturated carbocycles. The number of nitrogens with zero attached hydrogens (tertiary/aromatic N) is 4. The Balaban J connectivity index is 1.84. The molecule has 0 fully saturated rings. The molecule has 2 aromatic heterocycles. The number of aromatic nitrogens is 4. The van der Waals surface area contributed by atoms with Gasteiger partial charge in [-0.1, -0.05) is 30.3 Å². The Morgan fingerprint density at radius 3 is 2.62 bits per heavy atom. The molecule has 3 aromatic rings. The Bertz CT molecular complexity index is 1170. The zero-order valence-corrected chi connectivity index (χ0v) is 20.1. The van der Waals surface area contributed by atoms with E-state index in [1.165, 1.54) is 13.8 Å². The minimum Gasteiger partial charge on any atom is -0.479 e. The van der Waals surface area contributed by atoms with Gasteiger partial charge in [0.15, 0.2) is 22.6 Å². The zero-order valence-electron chi connectivity index (χ0n) is 20.1. The van der Waals surface area contributed by atoms with Crippen LogP contribution in [0, 0.1) is 19.3 Å². The topological polar surface area (TPSA) is 111 Å². The third kappa shape index (κ3) is 5.90. The highest BCUT2D eigenvalue weighted by Crippen LogP contribution is 2.27. The van der Waals surface area contributed by atoms with E-state index < -0.39 is 23.9 Å². The zero-order chi connectivity index (χ0) is 24.9. The predicted octanol–water partition coefficient (Wildman–Crippen LogP) is 4.11. The molecule has 3 unspecified atom stereocenters. The van der Waals surface area contributed by atoms with Crippen molar-refractivity contribution in [3.63, 3.8) is 0 Å². The van der Waals surface area contributed by atoms with Crippen LogP contribution in [0.2, 0.25) is 0 Å². The number of carboxylic acids is 1. The van der Waals surface area contributed by atoms with Gasteiger partial charge in [-0.3, -0.25) is 4.57 Å². The molecule has 3 rings (SSSR count). The number of carbonyl (C=O) groups is 1. The van der Waals surface area contributed by atoms with Crippen LogP contribution in [0.3, 0.4) is 0 Å². The number of hydrogen-bond donors (Lipinski definition) is 2. The highest BCUT2D eigenvalue weighted by Gasteiger charge is 2.29. The molecule has 34 heavy (non-hydrogen) atoms. The van der Waals surface area contributed by atoms with Gasteiger partial charge in [-0.15, -0.1) is 12.3 Å². The number of aryl methyl sites for hydroxylation is 1. The number of carboxylic acid groups (broad SMARTS) is 1. The summed E-state index contributed by atoms with van der Waals surface area (Å²) in [5.41, 5.74) is 1.00. The predicted molar refractivity (Wildman–Crippen MR) is 129 cm³/mol. The first kappa shape index (κ1) is 25.1. The number of imidazole rings is 1. The number of anilines is 1. The van der Waals surface area contributed by atoms with Gasteiger partial charge in [0, 0.05) is 0 Å². The average molecular weight is 466 g/mol. The van der Waals surface area contributed by atoms with Gasteiger partial charge in [0.05, 0.1) is 31.5 Å². The van der Waals surface area contributed by atoms with E-state index in [1.54, 1.807) is 17.8 Å². The van der Waals surface area contributed by atoms with E-state index in [4.69, 9.17) is 15.9 Å². The molecule has 0 radical (unpaired) electrons. The first-order valence-corrected chi connectivity index (χ1v) is 11.1. The van der Waals surface area contributed by atoms with Crippen molar-refractivity contribution in [2.45, 2.75) is 65.0 Å². The lowest BCUT2D eigenvalue weighted by Gasteiger charge is -2.26. The molecule has 2 N–H and O–H groups in total. The molecule has 9 nitrogen and oxygen atoms in total. The summed E-state index contributed by atoms with van der Waals surface area (Å²) in [7, 11) is 0. The van der Waals surface area contributed by atoms with Gasteiger partial charge in [0.2, 0.25) is 0 Å². The number of benzene rings is 1. The van der Waals surface area contributed by atoms with Gasteiger partial charge in [-0.25, -0.2) is 19.7 Å². The van der Waals surface area contributed by atoms with Gasteiger partial charge < -0.3 is 19.9 Å². The van der Waals surface area contributed by atoms with E-state index in [1.807, 2.05) is 37.3 Å². The van der Waals surface area contributed by atoms with Gasteiger partial charge in [-0.05, 0) is 40.2 Å². The van der Waals surface area contributed by atoms with Crippen LogP contribution < -0.4 is 5.32 Å². The Morgan fingerprint density at radius 2 is 1.97 bits per heavy atom. The quantitative estimate of drug-likeness (QED) is 0.407. The minimum atomic E-state index is -1.32. The number of aliphatic carboxylic acids is 1. The van der Waals surface area contributed by atoms with Gasteiger partial charge in [0.25, 0.3) is 0 Å². The SMILES string of the molecule is C#CCC(OC(C)COC(C)(C)C(=O)O)n1cnc2c(NC(C)c3ccccc3)nc(C)nc21. The van der Waals surface area contributed by atoms with Gasteiger partial charge in [0.1, 0.15) is 12.1 Å². The average Bonchev–Trinajstić information content (AvgIpc) is 3.22. The van der Waals surface area contributed by atoms with Crippen molar-refractivity contribution < 1.29 is 19.4 Å². The van der Waals surface area contributed by atoms with E-state index in [2.05, 4.69) is 33.1 Å². The Kier molecular flexibility index (Phi) is 7.87. The number of terminal acetylenes is 1. The smallest absolute Gasteiger partial charge is 0.335 e. The maximum atomic E-state index is 11.3. The summed E-state index contributed by atoms with van der Waals surface area (Å²) in [6.45, 7) is 8.75. The molecule has 0 aliphatic rings. The molecule has 0 bridgehead atoms. The number of rotatable bonds is 11. The maximum Gasteiger partial charge on any atom is 0.335 e. The first-order chi connectivity index (χ1) is 16.1. The van der Waals surface area contributed by atoms with Gasteiger partial charge in [-0.2, -0.15) is 0 Å². The number of hydrogen-bond acceptors (Lipinski definition) is 7. The lowest BCUT2D eigenvalue weighted by atomic mass is 10.1. The molecule has 180 valence electrons. The number of nitrogens with one attached hydrogen (secondary N) is 1. The molecule has 0 saturated heterocycles. The van der Waals surface area contributed by atoms with Crippen LogP contribution in [-0.4, -0.2) is 48.9 Å². The van der Waals surface area contributed by atoms with Crippen molar-refractivity contribution in [1.29, 1.82) is 0 Å². The van der Waals surface area contributed by atoms with Crippen molar-refractivity contribution in [2.75, 3.05) is 11.9 Å². The third-order valence-electron chi connectivity index (χ3n) is 5.37. The molecule has 0 aliphatic carbocycles. The van der Waals surface area contributed by atoms with Crippen LogP contribution in [0.1, 0.15) is 57.8 Å². The monoisotopic (exact) mass is 465 g/mol. The molecular formula is C25H31N5O4. The summed E-state index contributed by atoms with van der Waals surface area (Å²) in [5, 5.41) is 12.7. The summed E-state index contributed by atoms with van der Waals surface area (Å²) in [4.78, 5) is 25.0. The normalized spacial score (nSPS) is 14.4. The van der Waals surface area contributed by atoms with E-state index >= 15 is 0 Å². The molecular weight excluding hydrogens is 434 g/mol. The highest BCUT2D eigenvalue weighted by atomic mass is 16.6. The van der Waals surface area contributed by atoms with E-state index in [-0.39, 0.29) is 19.1 Å². The highest BCUT2D eigenvalue weighted by molar-refractivity contribution is 5.83. The molecule has 2 heterocycles. The second-order valence-corrected chi connectivity index (χ2v) is 8.66. The maximum absolute atomic E-state index is 11.3. The summed E-state index contributed by atoms with van der Waals surface area (Å²) in [5.74, 6) is 2.79. The van der Waals surface area contributed by atoms with E-state index in [0.29, 0.717) is 22.8 Å². The van der Waals surface area contributed by atoms with Crippen LogP contribution in [0.25, 0.3) is 11.2 Å². The molecule has 9 heteroatoms. The van der Waals surface area contributed by atoms with Crippen LogP contribution in [0.5, 0.6) is 0 Å². The molecule has 0 spiro atoms. The summed E-state index contributed by atoms with van der Waals surface area (Å²) >= 11 is 0. The minimum absolute atomic E-state index is 0.0105.